The highest BCUT2D eigenvalue weighted by atomic mass is 19.1. The zero-order chi connectivity index (χ0) is 23.0. The smallest absolute Gasteiger partial charge is 0.350 e. The topological polar surface area (TPSA) is 90.1 Å². The van der Waals surface area contributed by atoms with Crippen molar-refractivity contribution in [1.82, 2.24) is 14.1 Å². The number of nitrogen functional groups attached to an aromatic ring is 1. The van der Waals surface area contributed by atoms with Crippen LogP contribution in [0.4, 0.5) is 10.1 Å². The summed E-state index contributed by atoms with van der Waals surface area (Å²) in [5, 5.41) is 0.0455. The van der Waals surface area contributed by atoms with Crippen LogP contribution in [0, 0.1) is 18.3 Å². The minimum absolute atomic E-state index is 0.0455. The first kappa shape index (κ1) is 22.1. The molecule has 32 heavy (non-hydrogen) atoms. The molecule has 2 aromatic rings. The van der Waals surface area contributed by atoms with Gasteiger partial charge in [0.15, 0.2) is 11.6 Å². The quantitative estimate of drug-likeness (QED) is 0.489. The predicted molar refractivity (Wildman–Crippen MR) is 121 cm³/mol. The van der Waals surface area contributed by atoms with Crippen LogP contribution in [0.1, 0.15) is 32.2 Å². The van der Waals surface area contributed by atoms with E-state index in [0.717, 1.165) is 38.9 Å². The van der Waals surface area contributed by atoms with E-state index >= 15 is 4.39 Å². The SMILES string of the molecule is [C-]#[N+]CCN(CC)CC1CCN(c2c(F)cc3c(=O)n(N)c(=O)n(C4CC4)c3c2OC)C1. The van der Waals surface area contributed by atoms with Gasteiger partial charge in [-0.15, -0.1) is 0 Å². The number of nitrogens with zero attached hydrogens (tertiary/aromatic N) is 5. The lowest BCUT2D eigenvalue weighted by molar-refractivity contribution is 0.259. The van der Waals surface area contributed by atoms with Crippen molar-refractivity contribution in [2.24, 2.45) is 5.92 Å². The molecule has 1 saturated heterocycles. The lowest BCUT2D eigenvalue weighted by Gasteiger charge is -2.25. The molecule has 1 aliphatic carbocycles. The Morgan fingerprint density at radius 3 is 2.72 bits per heavy atom. The normalized spacial score (nSPS) is 18.5. The number of methoxy groups -OCH3 is 1. The molecule has 0 spiro atoms. The second kappa shape index (κ2) is 8.82. The van der Waals surface area contributed by atoms with Gasteiger partial charge in [-0.1, -0.05) is 6.92 Å². The van der Waals surface area contributed by atoms with Crippen molar-refractivity contribution in [3.05, 3.63) is 44.1 Å². The highest BCUT2D eigenvalue weighted by Gasteiger charge is 2.34. The molecule has 1 aromatic heterocycles. The average molecular weight is 445 g/mol. The van der Waals surface area contributed by atoms with Crippen LogP contribution in [0.3, 0.4) is 0 Å². The Morgan fingerprint density at radius 1 is 1.34 bits per heavy atom. The van der Waals surface area contributed by atoms with Gasteiger partial charge in [0.05, 0.1) is 19.0 Å². The Morgan fingerprint density at radius 2 is 2.09 bits per heavy atom. The fourth-order valence-corrected chi connectivity index (χ4v) is 4.72. The Hall–Kier alpha value is -3.06. The minimum atomic E-state index is -0.733. The van der Waals surface area contributed by atoms with Gasteiger partial charge in [0.25, 0.3) is 5.56 Å². The zero-order valence-electron chi connectivity index (χ0n) is 18.5. The minimum Gasteiger partial charge on any atom is -0.492 e. The van der Waals surface area contributed by atoms with Gasteiger partial charge in [0.2, 0.25) is 6.54 Å². The number of nitrogens with two attached hydrogens (primary N) is 1. The number of hydrogen-bond acceptors (Lipinski definition) is 6. The Labute approximate surface area is 185 Å². The summed E-state index contributed by atoms with van der Waals surface area (Å²) in [6.07, 6.45) is 2.48. The van der Waals surface area contributed by atoms with E-state index in [1.54, 1.807) is 0 Å². The van der Waals surface area contributed by atoms with Crippen LogP contribution in [-0.4, -0.2) is 60.5 Å². The highest BCUT2D eigenvalue weighted by molar-refractivity contribution is 5.91. The van der Waals surface area contributed by atoms with Crippen LogP contribution < -0.4 is 26.7 Å². The van der Waals surface area contributed by atoms with E-state index in [0.29, 0.717) is 35.7 Å². The van der Waals surface area contributed by atoms with Gasteiger partial charge in [-0.2, -0.15) is 4.68 Å². The van der Waals surface area contributed by atoms with E-state index in [9.17, 15) is 9.59 Å². The van der Waals surface area contributed by atoms with Gasteiger partial charge < -0.3 is 20.3 Å². The maximum absolute atomic E-state index is 15.4. The third-order valence-electron chi connectivity index (χ3n) is 6.49. The van der Waals surface area contributed by atoms with E-state index in [2.05, 4.69) is 16.7 Å². The summed E-state index contributed by atoms with van der Waals surface area (Å²) in [4.78, 5) is 33.1. The summed E-state index contributed by atoms with van der Waals surface area (Å²) in [6.45, 7) is 13.3. The third-order valence-corrected chi connectivity index (χ3v) is 6.49. The molecule has 2 fully saturated rings. The molecule has 0 bridgehead atoms. The van der Waals surface area contributed by atoms with E-state index in [1.807, 2.05) is 4.90 Å². The van der Waals surface area contributed by atoms with Gasteiger partial charge in [-0.05, 0) is 37.8 Å². The molecule has 9 nitrogen and oxygen atoms in total. The molecular formula is C22H29FN6O3. The maximum Gasteiger partial charge on any atom is 0.350 e. The summed E-state index contributed by atoms with van der Waals surface area (Å²) in [6, 6.07) is 1.11. The van der Waals surface area contributed by atoms with Crippen LogP contribution in [0.15, 0.2) is 15.7 Å². The van der Waals surface area contributed by atoms with Crippen LogP contribution in [-0.2, 0) is 0 Å². The number of aromatic nitrogens is 2. The van der Waals surface area contributed by atoms with Crippen LogP contribution in [0.25, 0.3) is 15.7 Å². The molecule has 2 N–H and O–H groups in total. The molecular weight excluding hydrogens is 415 g/mol. The Balaban J connectivity index is 1.74. The highest BCUT2D eigenvalue weighted by Crippen LogP contribution is 2.43. The summed E-state index contributed by atoms with van der Waals surface area (Å²) < 4.78 is 23.0. The summed E-state index contributed by atoms with van der Waals surface area (Å²) in [5.74, 6) is 5.67. The van der Waals surface area contributed by atoms with Gasteiger partial charge >= 0.3 is 5.69 Å². The Kier molecular flexibility index (Phi) is 6.11. The van der Waals surface area contributed by atoms with Crippen molar-refractivity contribution in [3.8, 4) is 5.75 Å². The van der Waals surface area contributed by atoms with Gasteiger partial charge in [-0.3, -0.25) is 14.3 Å². The van der Waals surface area contributed by atoms with Crippen molar-refractivity contribution in [2.75, 3.05) is 57.1 Å². The van der Waals surface area contributed by atoms with E-state index in [4.69, 9.17) is 17.2 Å². The van der Waals surface area contributed by atoms with Crippen LogP contribution in [0.2, 0.25) is 0 Å². The van der Waals surface area contributed by atoms with Gasteiger partial charge in [0.1, 0.15) is 11.2 Å². The maximum atomic E-state index is 15.4. The second-order valence-electron chi connectivity index (χ2n) is 8.57. The average Bonchev–Trinajstić information content (AvgIpc) is 3.52. The molecule has 2 aliphatic rings. The van der Waals surface area contributed by atoms with Gasteiger partial charge in [-0.25, -0.2) is 15.8 Å². The molecule has 10 heteroatoms. The molecule has 1 saturated carbocycles. The van der Waals surface area contributed by atoms with E-state index in [-0.39, 0.29) is 22.9 Å². The molecule has 0 amide bonds. The van der Waals surface area contributed by atoms with E-state index in [1.165, 1.54) is 17.7 Å². The molecule has 4 rings (SSSR count). The van der Waals surface area contributed by atoms with Crippen molar-refractivity contribution < 1.29 is 9.13 Å². The first-order valence-electron chi connectivity index (χ1n) is 11.0. The van der Waals surface area contributed by atoms with Crippen LogP contribution >= 0.6 is 0 Å². The summed E-state index contributed by atoms with van der Waals surface area (Å²) in [5.41, 5.74) is -0.740. The fourth-order valence-electron chi connectivity index (χ4n) is 4.72. The molecule has 1 aromatic carbocycles. The molecule has 172 valence electrons. The van der Waals surface area contributed by atoms with Gasteiger partial charge in [0, 0.05) is 25.7 Å². The standard InChI is InChI=1S/C22H29FN6O3/c1-4-26(10-8-25-2)12-14-7-9-27(13-14)19-17(23)11-16-18(20(19)32-3)28(15-5-6-15)22(31)29(24)21(16)30/h11,14-15H,4-10,12-13,24H2,1,3H3. The molecule has 1 atom stereocenters. The third kappa shape index (κ3) is 3.81. The molecule has 1 unspecified atom stereocenters. The molecule has 0 radical (unpaired) electrons. The fraction of sp³-hybridized carbons (Fsp3) is 0.591. The van der Waals surface area contributed by atoms with Crippen molar-refractivity contribution in [3.63, 3.8) is 0 Å². The van der Waals surface area contributed by atoms with Crippen molar-refractivity contribution in [1.29, 1.82) is 0 Å². The number of halogens is 1. The molecule has 1 aliphatic heterocycles. The zero-order valence-corrected chi connectivity index (χ0v) is 18.5. The number of rotatable bonds is 8. The number of hydrogen-bond donors (Lipinski definition) is 1. The lowest BCUT2D eigenvalue weighted by atomic mass is 10.1. The number of anilines is 1. The Bertz CT molecular complexity index is 1180. The van der Waals surface area contributed by atoms with Crippen molar-refractivity contribution >= 4 is 16.6 Å². The number of benzene rings is 1. The lowest BCUT2D eigenvalue weighted by Crippen LogP contribution is -2.44. The van der Waals surface area contributed by atoms with Crippen LogP contribution in [0.5, 0.6) is 5.75 Å². The summed E-state index contributed by atoms with van der Waals surface area (Å²) in [7, 11) is 1.43. The molecule has 2 heterocycles. The van der Waals surface area contributed by atoms with E-state index < -0.39 is 17.1 Å². The number of ether oxygens (including phenoxy) is 1. The summed E-state index contributed by atoms with van der Waals surface area (Å²) >= 11 is 0. The predicted octanol–water partition coefficient (Wildman–Crippen LogP) is 1.43. The number of likely N-dealkylation sites (N-methyl/N-ethyl adjacent to an activating group) is 1. The number of fused-ring (bicyclic) bond motifs is 1. The van der Waals surface area contributed by atoms with Crippen molar-refractivity contribution in [2.45, 2.75) is 32.2 Å². The largest absolute Gasteiger partial charge is 0.492 e. The monoisotopic (exact) mass is 444 g/mol. The first-order chi connectivity index (χ1) is 15.4. The second-order valence-corrected chi connectivity index (χ2v) is 8.57. The first-order valence-corrected chi connectivity index (χ1v) is 11.0.